The molecule has 2 rings (SSSR count). The molecule has 17 heavy (non-hydrogen) atoms. The summed E-state index contributed by atoms with van der Waals surface area (Å²) < 4.78 is 0. The van der Waals surface area contributed by atoms with Crippen molar-refractivity contribution < 1.29 is 4.79 Å². The molecule has 1 saturated heterocycles. The number of nitrogens with zero attached hydrogens (tertiary/aromatic N) is 2. The van der Waals surface area contributed by atoms with Gasteiger partial charge in [-0.3, -0.25) is 9.69 Å². The van der Waals surface area contributed by atoms with E-state index in [4.69, 9.17) is 0 Å². The van der Waals surface area contributed by atoms with Gasteiger partial charge in [-0.1, -0.05) is 19.3 Å². The summed E-state index contributed by atoms with van der Waals surface area (Å²) >= 11 is 0. The van der Waals surface area contributed by atoms with Crippen LogP contribution in [0.2, 0.25) is 0 Å². The van der Waals surface area contributed by atoms with Gasteiger partial charge in [0.1, 0.15) is 6.04 Å². The normalized spacial score (nSPS) is 26.6. The second kappa shape index (κ2) is 5.83. The highest BCUT2D eigenvalue weighted by Crippen LogP contribution is 2.29. The van der Waals surface area contributed by atoms with Crippen molar-refractivity contribution in [3.63, 3.8) is 0 Å². The molecule has 1 saturated carbocycles. The van der Waals surface area contributed by atoms with Crippen molar-refractivity contribution in [1.29, 1.82) is 0 Å². The Kier molecular flexibility index (Phi) is 4.40. The molecule has 1 unspecified atom stereocenters. The number of carbonyl (C=O) groups excluding carboxylic acids is 1. The third-order valence-electron chi connectivity index (χ3n) is 4.27. The van der Waals surface area contributed by atoms with Gasteiger partial charge in [-0.05, 0) is 19.4 Å². The molecule has 1 amide bonds. The molecule has 1 aliphatic heterocycles. The first-order valence-corrected chi connectivity index (χ1v) is 6.84. The van der Waals surface area contributed by atoms with E-state index in [1.54, 1.807) is 0 Å². The summed E-state index contributed by atoms with van der Waals surface area (Å²) in [5, 5.41) is 3.30. The average Bonchev–Trinajstić information content (AvgIpc) is 2.26. The zero-order chi connectivity index (χ0) is 12.3. The van der Waals surface area contributed by atoms with Crippen LogP contribution in [0.1, 0.15) is 25.7 Å². The Bertz CT molecular complexity index is 265. The number of carbonyl (C=O) groups is 1. The highest BCUT2D eigenvalue weighted by atomic mass is 16.2. The van der Waals surface area contributed by atoms with Crippen LogP contribution in [-0.4, -0.2) is 62.0 Å². The second-order valence-electron chi connectivity index (χ2n) is 5.55. The minimum Gasteiger partial charge on any atom is -0.344 e. The molecule has 0 aromatic heterocycles. The van der Waals surface area contributed by atoms with Gasteiger partial charge < -0.3 is 10.2 Å². The van der Waals surface area contributed by atoms with Gasteiger partial charge in [0.25, 0.3) is 0 Å². The zero-order valence-corrected chi connectivity index (χ0v) is 11.1. The molecule has 0 aromatic rings. The van der Waals surface area contributed by atoms with Gasteiger partial charge in [-0.2, -0.15) is 0 Å². The topological polar surface area (TPSA) is 35.6 Å². The molecular formula is C13H25N3O. The first kappa shape index (κ1) is 12.8. The van der Waals surface area contributed by atoms with Crippen molar-refractivity contribution in [2.24, 2.45) is 5.92 Å². The van der Waals surface area contributed by atoms with E-state index in [0.29, 0.717) is 0 Å². The maximum Gasteiger partial charge on any atom is 0.240 e. The van der Waals surface area contributed by atoms with E-state index in [-0.39, 0.29) is 11.9 Å². The number of hydrogen-bond acceptors (Lipinski definition) is 3. The third-order valence-corrected chi connectivity index (χ3v) is 4.27. The van der Waals surface area contributed by atoms with Crippen LogP contribution in [-0.2, 0) is 4.79 Å². The molecule has 1 N–H and O–H groups in total. The molecule has 4 heteroatoms. The Labute approximate surface area is 104 Å². The van der Waals surface area contributed by atoms with Crippen LogP contribution in [0.15, 0.2) is 0 Å². The van der Waals surface area contributed by atoms with Gasteiger partial charge in [0, 0.05) is 33.2 Å². The Morgan fingerprint density at radius 3 is 2.82 bits per heavy atom. The largest absolute Gasteiger partial charge is 0.344 e. The monoisotopic (exact) mass is 239 g/mol. The molecule has 0 aromatic carbocycles. The smallest absolute Gasteiger partial charge is 0.240 e. The van der Waals surface area contributed by atoms with Gasteiger partial charge in [-0.25, -0.2) is 0 Å². The molecule has 0 bridgehead atoms. The average molecular weight is 239 g/mol. The minimum atomic E-state index is 0.0372. The first-order valence-electron chi connectivity index (χ1n) is 6.84. The maximum atomic E-state index is 12.3. The highest BCUT2D eigenvalue weighted by Gasteiger charge is 2.28. The van der Waals surface area contributed by atoms with Crippen LogP contribution in [0.4, 0.5) is 0 Å². The van der Waals surface area contributed by atoms with Crippen molar-refractivity contribution in [3.05, 3.63) is 0 Å². The summed E-state index contributed by atoms with van der Waals surface area (Å²) in [6.07, 6.45) is 5.31. The van der Waals surface area contributed by atoms with Crippen molar-refractivity contribution in [2.75, 3.05) is 40.3 Å². The Morgan fingerprint density at radius 2 is 2.24 bits per heavy atom. The fourth-order valence-corrected chi connectivity index (χ4v) is 2.60. The van der Waals surface area contributed by atoms with E-state index >= 15 is 0 Å². The van der Waals surface area contributed by atoms with Crippen LogP contribution in [0, 0.1) is 5.92 Å². The number of piperazine rings is 1. The summed E-state index contributed by atoms with van der Waals surface area (Å²) in [4.78, 5) is 16.4. The van der Waals surface area contributed by atoms with Gasteiger partial charge in [-0.15, -0.1) is 0 Å². The molecular weight excluding hydrogens is 214 g/mol. The molecule has 0 spiro atoms. The van der Waals surface area contributed by atoms with E-state index in [1.807, 2.05) is 19.0 Å². The van der Waals surface area contributed by atoms with Gasteiger partial charge in [0.2, 0.25) is 5.91 Å². The molecule has 1 heterocycles. The molecule has 1 atom stereocenters. The molecule has 1 aliphatic carbocycles. The number of nitrogens with one attached hydrogen (secondary N) is 1. The summed E-state index contributed by atoms with van der Waals surface area (Å²) in [6, 6.07) is 0.0372. The van der Waals surface area contributed by atoms with E-state index in [2.05, 4.69) is 10.2 Å². The predicted octanol–water partition coefficient (Wildman–Crippen LogP) is 0.539. The van der Waals surface area contributed by atoms with Crippen LogP contribution < -0.4 is 5.32 Å². The Hall–Kier alpha value is -0.610. The lowest BCUT2D eigenvalue weighted by atomic mass is 9.83. The Morgan fingerprint density at radius 1 is 1.47 bits per heavy atom. The van der Waals surface area contributed by atoms with Crippen molar-refractivity contribution in [3.8, 4) is 0 Å². The van der Waals surface area contributed by atoms with E-state index in [0.717, 1.165) is 32.1 Å². The second-order valence-corrected chi connectivity index (χ2v) is 5.55. The van der Waals surface area contributed by atoms with Crippen molar-refractivity contribution >= 4 is 5.91 Å². The summed E-state index contributed by atoms with van der Waals surface area (Å²) in [5.41, 5.74) is 0. The molecule has 2 aliphatic rings. The van der Waals surface area contributed by atoms with Crippen LogP contribution in [0.5, 0.6) is 0 Å². The summed E-state index contributed by atoms with van der Waals surface area (Å²) in [7, 11) is 3.99. The van der Waals surface area contributed by atoms with E-state index < -0.39 is 0 Å². The van der Waals surface area contributed by atoms with Crippen LogP contribution in [0.25, 0.3) is 0 Å². The summed E-state index contributed by atoms with van der Waals surface area (Å²) in [6.45, 7) is 3.68. The molecule has 98 valence electrons. The third kappa shape index (κ3) is 3.19. The van der Waals surface area contributed by atoms with E-state index in [1.165, 1.54) is 25.7 Å². The predicted molar refractivity (Wildman–Crippen MR) is 68.9 cm³/mol. The minimum absolute atomic E-state index is 0.0372. The maximum absolute atomic E-state index is 12.3. The standard InChI is InChI=1S/C13H25N3O/c1-15-9-7-14-10-12(15)13(17)16(2)8-6-11-4-3-5-11/h11-12,14H,3-10H2,1-2H3. The lowest BCUT2D eigenvalue weighted by Crippen LogP contribution is -2.56. The first-order chi connectivity index (χ1) is 8.18. The molecule has 4 nitrogen and oxygen atoms in total. The van der Waals surface area contributed by atoms with Crippen molar-refractivity contribution in [1.82, 2.24) is 15.1 Å². The van der Waals surface area contributed by atoms with Gasteiger partial charge in [0.05, 0.1) is 0 Å². The molecule has 0 radical (unpaired) electrons. The van der Waals surface area contributed by atoms with E-state index in [9.17, 15) is 4.79 Å². The number of rotatable bonds is 4. The van der Waals surface area contributed by atoms with Crippen LogP contribution in [0.3, 0.4) is 0 Å². The lowest BCUT2D eigenvalue weighted by Gasteiger charge is -2.35. The zero-order valence-electron chi connectivity index (χ0n) is 11.1. The lowest BCUT2D eigenvalue weighted by molar-refractivity contribution is -0.135. The van der Waals surface area contributed by atoms with Crippen LogP contribution >= 0.6 is 0 Å². The number of hydrogen-bond donors (Lipinski definition) is 1. The number of amides is 1. The quantitative estimate of drug-likeness (QED) is 0.778. The van der Waals surface area contributed by atoms with Gasteiger partial charge >= 0.3 is 0 Å². The fraction of sp³-hybridized carbons (Fsp3) is 0.923. The summed E-state index contributed by atoms with van der Waals surface area (Å²) in [5.74, 6) is 1.16. The van der Waals surface area contributed by atoms with Gasteiger partial charge in [0.15, 0.2) is 0 Å². The Balaban J connectivity index is 1.76. The highest BCUT2D eigenvalue weighted by molar-refractivity contribution is 5.82. The number of likely N-dealkylation sites (N-methyl/N-ethyl adjacent to an activating group) is 2. The molecule has 2 fully saturated rings. The SMILES string of the molecule is CN(CCC1CCC1)C(=O)C1CNCCN1C. The van der Waals surface area contributed by atoms with Crippen molar-refractivity contribution in [2.45, 2.75) is 31.7 Å². The fourth-order valence-electron chi connectivity index (χ4n) is 2.60.